The molecule has 0 aliphatic heterocycles. The van der Waals surface area contributed by atoms with Crippen LogP contribution in [0.3, 0.4) is 0 Å². The zero-order valence-electron chi connectivity index (χ0n) is 18.0. The monoisotopic (exact) mass is 426 g/mol. The molecule has 1 amide bonds. The Hall–Kier alpha value is -2.53. The number of amides is 1. The van der Waals surface area contributed by atoms with E-state index >= 15 is 0 Å². The number of aryl methyl sites for hydroxylation is 2. The van der Waals surface area contributed by atoms with E-state index in [1.165, 1.54) is 0 Å². The molecule has 1 aromatic heterocycles. The molecule has 2 atom stereocenters. The minimum atomic E-state index is -0.801. The first-order valence-electron chi connectivity index (χ1n) is 10.1. The van der Waals surface area contributed by atoms with Gasteiger partial charge < -0.3 is 5.32 Å². The molecule has 6 heteroatoms. The van der Waals surface area contributed by atoms with Crippen LogP contribution in [-0.4, -0.2) is 28.0 Å². The van der Waals surface area contributed by atoms with E-state index in [1.54, 1.807) is 12.3 Å². The maximum absolute atomic E-state index is 13.1. The molecule has 1 N–H and O–H groups in total. The second kappa shape index (κ2) is 8.31. The molecule has 5 nitrogen and oxygen atoms in total. The Kier molecular flexibility index (Phi) is 6.14. The van der Waals surface area contributed by atoms with E-state index in [1.807, 2.05) is 52.8 Å². The third-order valence-electron chi connectivity index (χ3n) is 5.31. The van der Waals surface area contributed by atoms with E-state index in [0.29, 0.717) is 5.02 Å². The van der Waals surface area contributed by atoms with Crippen LogP contribution in [0.1, 0.15) is 56.2 Å². The van der Waals surface area contributed by atoms with Gasteiger partial charge in [0.15, 0.2) is 5.78 Å². The molecule has 3 rings (SSSR count). The van der Waals surface area contributed by atoms with Crippen LogP contribution in [0.25, 0.3) is 11.3 Å². The van der Waals surface area contributed by atoms with Crippen molar-refractivity contribution in [3.63, 3.8) is 0 Å². The Bertz CT molecular complexity index is 983. The third kappa shape index (κ3) is 4.78. The number of ketones is 2. The Morgan fingerprint density at radius 2 is 1.80 bits per heavy atom. The van der Waals surface area contributed by atoms with Crippen molar-refractivity contribution in [3.8, 4) is 11.3 Å². The van der Waals surface area contributed by atoms with Crippen LogP contribution in [0.2, 0.25) is 5.02 Å². The quantitative estimate of drug-likeness (QED) is 0.727. The van der Waals surface area contributed by atoms with Crippen molar-refractivity contribution in [2.45, 2.75) is 58.9 Å². The number of rotatable bonds is 4. The van der Waals surface area contributed by atoms with E-state index in [-0.39, 0.29) is 35.9 Å². The highest BCUT2D eigenvalue weighted by Crippen LogP contribution is 2.38. The number of hydrogen-bond acceptors (Lipinski definition) is 4. The van der Waals surface area contributed by atoms with Gasteiger partial charge in [-0.25, -0.2) is 0 Å². The fraction of sp³-hybridized carbons (Fsp3) is 0.417. The van der Waals surface area contributed by atoms with Crippen LogP contribution in [0.15, 0.2) is 30.5 Å². The summed E-state index contributed by atoms with van der Waals surface area (Å²) >= 11 is 5.92. The molecule has 1 heterocycles. The predicted octanol–water partition coefficient (Wildman–Crippen LogP) is 4.57. The molecule has 30 heavy (non-hydrogen) atoms. The molecule has 0 radical (unpaired) electrons. The minimum absolute atomic E-state index is 0.0449. The second-order valence-electron chi connectivity index (χ2n) is 9.09. The third-order valence-corrected chi connectivity index (χ3v) is 5.53. The molecule has 2 unspecified atom stereocenters. The van der Waals surface area contributed by atoms with Crippen LogP contribution >= 0.6 is 11.6 Å². The lowest BCUT2D eigenvalue weighted by Gasteiger charge is -2.21. The molecule has 1 aliphatic carbocycles. The summed E-state index contributed by atoms with van der Waals surface area (Å²) in [6.07, 6.45) is 1.75. The van der Waals surface area contributed by atoms with E-state index in [0.717, 1.165) is 27.9 Å². The topological polar surface area (TPSA) is 76.1 Å². The average Bonchev–Trinajstić information content (AvgIpc) is 2.87. The van der Waals surface area contributed by atoms with Gasteiger partial charge in [0.25, 0.3) is 0 Å². The highest BCUT2D eigenvalue weighted by molar-refractivity contribution is 6.30. The zero-order chi connectivity index (χ0) is 22.2. The van der Waals surface area contributed by atoms with Gasteiger partial charge in [-0.2, -0.15) is 0 Å². The Morgan fingerprint density at radius 1 is 1.17 bits per heavy atom. The van der Waals surface area contributed by atoms with Crippen molar-refractivity contribution < 1.29 is 14.4 Å². The molecule has 0 bridgehead atoms. The summed E-state index contributed by atoms with van der Waals surface area (Å²) in [6, 6.07) is 7.50. The van der Waals surface area contributed by atoms with Crippen molar-refractivity contribution in [2.75, 3.05) is 0 Å². The van der Waals surface area contributed by atoms with Gasteiger partial charge in [-0.3, -0.25) is 19.4 Å². The minimum Gasteiger partial charge on any atom is -0.351 e. The zero-order valence-corrected chi connectivity index (χ0v) is 18.8. The number of aromatic nitrogens is 1. The Morgan fingerprint density at radius 3 is 2.33 bits per heavy atom. The van der Waals surface area contributed by atoms with Crippen LogP contribution in [0.4, 0.5) is 0 Å². The second-order valence-corrected chi connectivity index (χ2v) is 9.53. The molecular weight excluding hydrogens is 400 g/mol. The van der Waals surface area contributed by atoms with E-state index < -0.39 is 11.8 Å². The van der Waals surface area contributed by atoms with Crippen molar-refractivity contribution in [1.82, 2.24) is 10.3 Å². The van der Waals surface area contributed by atoms with Gasteiger partial charge in [-0.1, -0.05) is 11.6 Å². The Labute approximate surface area is 182 Å². The number of carbonyl (C=O) groups is 3. The number of halogens is 1. The van der Waals surface area contributed by atoms with Gasteiger partial charge in [0.1, 0.15) is 11.7 Å². The molecule has 0 spiro atoms. The number of carbonyl (C=O) groups excluding carboxylic acids is 3. The molecule has 1 aliphatic rings. The molecule has 0 saturated heterocycles. The highest BCUT2D eigenvalue weighted by atomic mass is 35.5. The number of Topliss-reactive ketones (excluding diaryl/α,β-unsaturated/α-hetero) is 2. The van der Waals surface area contributed by atoms with Crippen LogP contribution in [0, 0.1) is 19.8 Å². The summed E-state index contributed by atoms with van der Waals surface area (Å²) in [7, 11) is 0. The normalized spacial score (nSPS) is 19.3. The summed E-state index contributed by atoms with van der Waals surface area (Å²) < 4.78 is 0. The standard InChI is InChI=1S/C24H27ClN2O3/c1-13-8-15(18-7-6-17(25)12-26-18)9-14(2)21(13)22-19(28)10-16(23(22)30)11-20(29)27-24(3,4)5/h6-9,12,16,22H,10-11H2,1-5H3,(H,27,29). The summed E-state index contributed by atoms with van der Waals surface area (Å²) in [4.78, 5) is 42.5. The summed E-state index contributed by atoms with van der Waals surface area (Å²) in [5, 5.41) is 3.43. The van der Waals surface area contributed by atoms with Gasteiger partial charge in [0, 0.05) is 36.1 Å². The largest absolute Gasteiger partial charge is 0.351 e. The highest BCUT2D eigenvalue weighted by Gasteiger charge is 2.44. The summed E-state index contributed by atoms with van der Waals surface area (Å²) in [6.45, 7) is 9.47. The molecular formula is C24H27ClN2O3. The van der Waals surface area contributed by atoms with E-state index in [2.05, 4.69) is 10.3 Å². The molecule has 1 fully saturated rings. The average molecular weight is 427 g/mol. The fourth-order valence-corrected chi connectivity index (χ4v) is 4.26. The lowest BCUT2D eigenvalue weighted by molar-refractivity contribution is -0.129. The first-order valence-corrected chi connectivity index (χ1v) is 10.4. The first-order chi connectivity index (χ1) is 14.0. The maximum Gasteiger partial charge on any atom is 0.221 e. The lowest BCUT2D eigenvalue weighted by Crippen LogP contribution is -2.41. The van der Waals surface area contributed by atoms with Gasteiger partial charge >= 0.3 is 0 Å². The molecule has 158 valence electrons. The number of benzene rings is 1. The van der Waals surface area contributed by atoms with Crippen molar-refractivity contribution in [1.29, 1.82) is 0 Å². The van der Waals surface area contributed by atoms with E-state index in [4.69, 9.17) is 11.6 Å². The van der Waals surface area contributed by atoms with Gasteiger partial charge in [-0.05, 0) is 75.6 Å². The summed E-state index contributed by atoms with van der Waals surface area (Å²) in [5.74, 6) is -1.84. The lowest BCUT2D eigenvalue weighted by atomic mass is 9.85. The van der Waals surface area contributed by atoms with Gasteiger partial charge in [-0.15, -0.1) is 0 Å². The molecule has 1 aromatic carbocycles. The number of pyridine rings is 1. The van der Waals surface area contributed by atoms with Gasteiger partial charge in [0.05, 0.1) is 10.7 Å². The summed E-state index contributed by atoms with van der Waals surface area (Å²) in [5.41, 5.74) is 3.80. The number of nitrogens with one attached hydrogen (secondary N) is 1. The van der Waals surface area contributed by atoms with Crippen molar-refractivity contribution in [3.05, 3.63) is 52.2 Å². The Balaban J connectivity index is 1.86. The maximum atomic E-state index is 13.1. The van der Waals surface area contributed by atoms with Crippen molar-refractivity contribution >= 4 is 29.1 Å². The SMILES string of the molecule is Cc1cc(-c2ccc(Cl)cn2)cc(C)c1C1C(=O)CC(CC(=O)NC(C)(C)C)C1=O. The molecule has 1 saturated carbocycles. The van der Waals surface area contributed by atoms with Crippen LogP contribution in [-0.2, 0) is 14.4 Å². The predicted molar refractivity (Wildman–Crippen MR) is 118 cm³/mol. The van der Waals surface area contributed by atoms with Gasteiger partial charge in [0.2, 0.25) is 5.91 Å². The number of hydrogen-bond donors (Lipinski definition) is 1. The first kappa shape index (κ1) is 22.2. The number of nitrogens with zero attached hydrogens (tertiary/aromatic N) is 1. The van der Waals surface area contributed by atoms with Crippen LogP contribution < -0.4 is 5.32 Å². The fourth-order valence-electron chi connectivity index (χ4n) is 4.15. The smallest absolute Gasteiger partial charge is 0.221 e. The molecule has 2 aromatic rings. The van der Waals surface area contributed by atoms with Crippen LogP contribution in [0.5, 0.6) is 0 Å². The van der Waals surface area contributed by atoms with Crippen molar-refractivity contribution in [2.24, 2.45) is 5.92 Å². The van der Waals surface area contributed by atoms with E-state index in [9.17, 15) is 14.4 Å².